The smallest absolute Gasteiger partial charge is 0.328 e. The van der Waals surface area contributed by atoms with Gasteiger partial charge in [-0.3, -0.25) is 4.79 Å². The fourth-order valence-electron chi connectivity index (χ4n) is 5.66. The lowest BCUT2D eigenvalue weighted by Gasteiger charge is -2.59. The van der Waals surface area contributed by atoms with E-state index in [1.807, 2.05) is 13.8 Å². The number of ether oxygens (including phenoxy) is 1. The van der Waals surface area contributed by atoms with Crippen molar-refractivity contribution in [2.45, 2.75) is 72.8 Å². The van der Waals surface area contributed by atoms with Gasteiger partial charge in [0, 0.05) is 18.4 Å². The molecule has 0 aromatic carbocycles. The number of rotatable bonds is 6. The van der Waals surface area contributed by atoms with Gasteiger partial charge in [-0.15, -0.1) is 0 Å². The zero-order valence-corrected chi connectivity index (χ0v) is 17.2. The van der Waals surface area contributed by atoms with Crippen LogP contribution in [0.2, 0.25) is 0 Å². The molecule has 0 radical (unpaired) electrons. The topological polar surface area (TPSA) is 83.8 Å². The Balaban J connectivity index is 2.30. The van der Waals surface area contributed by atoms with Crippen molar-refractivity contribution in [2.75, 3.05) is 6.61 Å². The number of carboxylic acids is 1. The summed E-state index contributed by atoms with van der Waals surface area (Å²) < 4.78 is 5.60. The largest absolute Gasteiger partial charge is 0.478 e. The van der Waals surface area contributed by atoms with Crippen LogP contribution in [-0.2, 0) is 14.3 Å². The monoisotopic (exact) mass is 378 g/mol. The molecule has 0 saturated heterocycles. The molecule has 27 heavy (non-hydrogen) atoms. The van der Waals surface area contributed by atoms with Gasteiger partial charge in [0.15, 0.2) is 0 Å². The first-order valence-corrected chi connectivity index (χ1v) is 9.89. The Hall–Kier alpha value is -1.62. The van der Waals surface area contributed by atoms with Gasteiger partial charge in [0.2, 0.25) is 0 Å². The Bertz CT molecular complexity index is 649. The number of aliphatic carboxylic acids is 1. The van der Waals surface area contributed by atoms with Crippen LogP contribution < -0.4 is 0 Å². The second-order valence-corrected chi connectivity index (χ2v) is 8.96. The summed E-state index contributed by atoms with van der Waals surface area (Å²) in [7, 11) is 0. The molecular weight excluding hydrogens is 344 g/mol. The van der Waals surface area contributed by atoms with E-state index in [1.54, 1.807) is 0 Å². The Morgan fingerprint density at radius 1 is 1.33 bits per heavy atom. The Morgan fingerprint density at radius 2 is 2.00 bits per heavy atom. The van der Waals surface area contributed by atoms with E-state index in [1.165, 1.54) is 18.6 Å². The van der Waals surface area contributed by atoms with Crippen molar-refractivity contribution in [3.63, 3.8) is 0 Å². The summed E-state index contributed by atoms with van der Waals surface area (Å²) in [4.78, 5) is 22.5. The van der Waals surface area contributed by atoms with E-state index >= 15 is 0 Å². The van der Waals surface area contributed by atoms with Gasteiger partial charge in [0.1, 0.15) is 6.10 Å². The molecule has 1 fully saturated rings. The van der Waals surface area contributed by atoms with Crippen molar-refractivity contribution >= 4 is 11.9 Å². The fourth-order valence-corrected chi connectivity index (χ4v) is 5.66. The zero-order chi connectivity index (χ0) is 20.4. The Labute approximate surface area is 162 Å². The average Bonchev–Trinajstić information content (AvgIpc) is 2.56. The van der Waals surface area contributed by atoms with Gasteiger partial charge < -0.3 is 14.9 Å². The van der Waals surface area contributed by atoms with E-state index < -0.39 is 11.4 Å². The minimum Gasteiger partial charge on any atom is -0.478 e. The second kappa shape index (κ2) is 8.17. The van der Waals surface area contributed by atoms with Gasteiger partial charge >= 0.3 is 11.9 Å². The predicted octanol–water partition coefficient (Wildman–Crippen LogP) is 4.11. The third-order valence-corrected chi connectivity index (χ3v) is 7.14. The molecule has 0 amide bonds. The third-order valence-electron chi connectivity index (χ3n) is 7.14. The van der Waals surface area contributed by atoms with Gasteiger partial charge in [-0.2, -0.15) is 0 Å². The number of aliphatic hydroxyl groups excluding tert-OH is 1. The van der Waals surface area contributed by atoms with Crippen molar-refractivity contribution in [2.24, 2.45) is 22.7 Å². The van der Waals surface area contributed by atoms with Crippen molar-refractivity contribution in [1.82, 2.24) is 0 Å². The van der Waals surface area contributed by atoms with Crippen LogP contribution in [0.1, 0.15) is 66.7 Å². The first-order chi connectivity index (χ1) is 12.5. The first-order valence-electron chi connectivity index (χ1n) is 9.89. The first kappa shape index (κ1) is 21.7. The summed E-state index contributed by atoms with van der Waals surface area (Å²) in [5, 5.41) is 19.2. The molecule has 2 aliphatic carbocycles. The normalized spacial score (nSPS) is 36.6. The molecule has 2 aliphatic rings. The zero-order valence-electron chi connectivity index (χ0n) is 17.2. The Kier molecular flexibility index (Phi) is 6.56. The molecule has 0 aromatic rings. The molecule has 0 bridgehead atoms. The van der Waals surface area contributed by atoms with E-state index in [9.17, 15) is 14.7 Å². The van der Waals surface area contributed by atoms with Crippen molar-refractivity contribution < 1.29 is 24.5 Å². The SMILES string of the molecule is CC(=O)O[C@H]1CC[C@]2(C)[C@H](CC=C(C)[C@H]2CC/C(C)=C/C(=O)O)[C@]1(C)CO. The maximum absolute atomic E-state index is 11.6. The number of fused-ring (bicyclic) bond motifs is 1. The van der Waals surface area contributed by atoms with Gasteiger partial charge in [-0.25, -0.2) is 4.79 Å². The minimum atomic E-state index is -0.901. The van der Waals surface area contributed by atoms with E-state index in [0.29, 0.717) is 5.92 Å². The molecule has 0 aliphatic heterocycles. The van der Waals surface area contributed by atoms with E-state index in [0.717, 1.165) is 37.7 Å². The molecule has 2 N–H and O–H groups in total. The highest BCUT2D eigenvalue weighted by molar-refractivity contribution is 5.80. The maximum atomic E-state index is 11.6. The third kappa shape index (κ3) is 4.29. The predicted molar refractivity (Wildman–Crippen MR) is 104 cm³/mol. The summed E-state index contributed by atoms with van der Waals surface area (Å²) in [6.45, 7) is 9.79. The van der Waals surface area contributed by atoms with E-state index in [-0.39, 0.29) is 30.0 Å². The molecular formula is C22H34O5. The van der Waals surface area contributed by atoms with Crippen LogP contribution in [-0.4, -0.2) is 34.9 Å². The summed E-state index contributed by atoms with van der Waals surface area (Å²) in [6, 6.07) is 0. The lowest BCUT2D eigenvalue weighted by atomic mass is 9.47. The van der Waals surface area contributed by atoms with Crippen LogP contribution in [0.3, 0.4) is 0 Å². The highest BCUT2D eigenvalue weighted by Crippen LogP contribution is 2.61. The molecule has 5 nitrogen and oxygen atoms in total. The number of carboxylic acid groups (broad SMARTS) is 1. The number of aliphatic hydroxyl groups is 1. The molecule has 0 spiro atoms. The van der Waals surface area contributed by atoms with Crippen LogP contribution in [0.4, 0.5) is 0 Å². The molecule has 0 heterocycles. The lowest BCUT2D eigenvalue weighted by Crippen LogP contribution is -2.57. The second-order valence-electron chi connectivity index (χ2n) is 8.96. The number of carbonyl (C=O) groups excluding carboxylic acids is 1. The lowest BCUT2D eigenvalue weighted by molar-refractivity contribution is -0.182. The van der Waals surface area contributed by atoms with Crippen molar-refractivity contribution in [3.8, 4) is 0 Å². The highest BCUT2D eigenvalue weighted by Gasteiger charge is 2.57. The quantitative estimate of drug-likeness (QED) is 0.413. The number of hydrogen-bond acceptors (Lipinski definition) is 4. The summed E-state index contributed by atoms with van der Waals surface area (Å²) in [5.41, 5.74) is 1.75. The Morgan fingerprint density at radius 3 is 2.56 bits per heavy atom. The highest BCUT2D eigenvalue weighted by atomic mass is 16.5. The summed E-state index contributed by atoms with van der Waals surface area (Å²) >= 11 is 0. The molecule has 5 atom stereocenters. The van der Waals surface area contributed by atoms with E-state index in [2.05, 4.69) is 19.9 Å². The number of carbonyl (C=O) groups is 2. The maximum Gasteiger partial charge on any atom is 0.328 e. The van der Waals surface area contributed by atoms with Gasteiger partial charge in [0.25, 0.3) is 0 Å². The minimum absolute atomic E-state index is 0.00351. The van der Waals surface area contributed by atoms with E-state index in [4.69, 9.17) is 9.84 Å². The molecule has 1 saturated carbocycles. The fraction of sp³-hybridized carbons (Fsp3) is 0.727. The van der Waals surface area contributed by atoms with Gasteiger partial charge in [0.05, 0.1) is 6.61 Å². The molecule has 152 valence electrons. The molecule has 0 unspecified atom stereocenters. The van der Waals surface area contributed by atoms with Crippen LogP contribution in [0.5, 0.6) is 0 Å². The number of esters is 1. The van der Waals surface area contributed by atoms with Crippen molar-refractivity contribution in [3.05, 3.63) is 23.3 Å². The standard InChI is InChI=1S/C22H34O5/c1-14(12-20(25)26)6-8-17-15(2)7-9-18-21(17,4)11-10-19(27-16(3)24)22(18,5)13-23/h7,12,17-19,23H,6,8-11,13H2,1-5H3,(H,25,26)/b14-12+/t17-,18+,19+,21+,22+/m1/s1. The van der Waals surface area contributed by atoms with Gasteiger partial charge in [-0.05, 0) is 63.2 Å². The summed E-state index contributed by atoms with van der Waals surface area (Å²) in [6.07, 6.45) is 7.48. The molecule has 2 rings (SSSR count). The number of allylic oxidation sites excluding steroid dienone is 3. The van der Waals surface area contributed by atoms with Crippen LogP contribution >= 0.6 is 0 Å². The molecule has 5 heteroatoms. The van der Waals surface area contributed by atoms with Gasteiger partial charge in [-0.1, -0.05) is 31.1 Å². The average molecular weight is 379 g/mol. The van der Waals surface area contributed by atoms with Crippen LogP contribution in [0, 0.1) is 22.7 Å². The van der Waals surface area contributed by atoms with Crippen LogP contribution in [0.15, 0.2) is 23.3 Å². The summed E-state index contributed by atoms with van der Waals surface area (Å²) in [5.74, 6) is -0.651. The van der Waals surface area contributed by atoms with Crippen molar-refractivity contribution in [1.29, 1.82) is 0 Å². The number of hydrogen-bond donors (Lipinski definition) is 2. The molecule has 0 aromatic heterocycles. The van der Waals surface area contributed by atoms with Crippen LogP contribution in [0.25, 0.3) is 0 Å².